The van der Waals surface area contributed by atoms with Crippen molar-refractivity contribution in [1.29, 1.82) is 0 Å². The zero-order valence-corrected chi connectivity index (χ0v) is 21.6. The topological polar surface area (TPSA) is 96.8 Å². The normalized spacial score (nSPS) is 14.5. The number of nitrogens with zero attached hydrogens (tertiary/aromatic N) is 1. The number of rotatable bonds is 5. The molecule has 0 spiro atoms. The summed E-state index contributed by atoms with van der Waals surface area (Å²) in [6.45, 7) is 5.66. The number of nitrogens with one attached hydrogen (secondary N) is 2. The van der Waals surface area contributed by atoms with Gasteiger partial charge in [0.15, 0.2) is 5.76 Å². The molecule has 0 saturated carbocycles. The van der Waals surface area contributed by atoms with Crippen LogP contribution in [-0.2, 0) is 23.8 Å². The van der Waals surface area contributed by atoms with Crippen molar-refractivity contribution in [3.63, 3.8) is 0 Å². The third-order valence-corrected chi connectivity index (χ3v) is 6.99. The molecule has 0 fully saturated rings. The van der Waals surface area contributed by atoms with Gasteiger partial charge in [0.1, 0.15) is 11.3 Å². The van der Waals surface area contributed by atoms with Crippen LogP contribution in [0, 0.1) is 20.8 Å². The summed E-state index contributed by atoms with van der Waals surface area (Å²) in [5, 5.41) is 7.70. The molecule has 4 aromatic rings. The summed E-state index contributed by atoms with van der Waals surface area (Å²) in [7, 11) is 0. The average molecular weight is 538 g/mol. The maximum atomic E-state index is 13.0. The Bertz CT molecular complexity index is 1630. The lowest BCUT2D eigenvalue weighted by Gasteiger charge is -2.13. The van der Waals surface area contributed by atoms with Gasteiger partial charge in [0, 0.05) is 34.2 Å². The standard InChI is InChI=1S/C29H26F3N3O4/c1-15-10-11-21-18(14-38-26(21)16(15)2)12-24(36)35-34-22-8-5-9-23-25(22)17(3)27(39-23)28(37)33-20-7-4-6-19(13-20)29(30,31)32/h4,6-7,10-11,13-14H,5,8-9,12H2,1-3H3,(H,33,37)(H,35,36)/b34-22+. The Morgan fingerprint density at radius 2 is 1.85 bits per heavy atom. The lowest BCUT2D eigenvalue weighted by Crippen LogP contribution is -2.23. The summed E-state index contributed by atoms with van der Waals surface area (Å²) >= 11 is 0. The molecule has 202 valence electrons. The molecule has 5 rings (SSSR count). The third kappa shape index (κ3) is 5.19. The number of hydrogen-bond acceptors (Lipinski definition) is 5. The minimum Gasteiger partial charge on any atom is -0.464 e. The maximum absolute atomic E-state index is 13.0. The molecule has 2 aromatic carbocycles. The molecule has 0 aliphatic heterocycles. The fourth-order valence-corrected chi connectivity index (χ4v) is 4.83. The first-order valence-corrected chi connectivity index (χ1v) is 12.5. The van der Waals surface area contributed by atoms with Gasteiger partial charge in [-0.2, -0.15) is 18.3 Å². The molecular formula is C29H26F3N3O4. The Morgan fingerprint density at radius 3 is 2.62 bits per heavy atom. The zero-order chi connectivity index (χ0) is 27.9. The van der Waals surface area contributed by atoms with Crippen LogP contribution in [0.15, 0.2) is 56.6 Å². The summed E-state index contributed by atoms with van der Waals surface area (Å²) in [5.41, 5.74) is 7.10. The van der Waals surface area contributed by atoms with E-state index in [4.69, 9.17) is 8.83 Å². The number of furan rings is 2. The summed E-state index contributed by atoms with van der Waals surface area (Å²) in [6, 6.07) is 8.31. The highest BCUT2D eigenvalue weighted by atomic mass is 19.4. The second-order valence-electron chi connectivity index (χ2n) is 9.66. The number of fused-ring (bicyclic) bond motifs is 2. The van der Waals surface area contributed by atoms with Gasteiger partial charge in [-0.25, -0.2) is 5.43 Å². The Hall–Kier alpha value is -4.34. The molecule has 0 bridgehead atoms. The summed E-state index contributed by atoms with van der Waals surface area (Å²) in [5.74, 6) is -0.442. The van der Waals surface area contributed by atoms with E-state index in [9.17, 15) is 22.8 Å². The van der Waals surface area contributed by atoms with Gasteiger partial charge in [-0.15, -0.1) is 0 Å². The molecular weight excluding hydrogens is 511 g/mol. The van der Waals surface area contributed by atoms with Crippen LogP contribution in [0.5, 0.6) is 0 Å². The van der Waals surface area contributed by atoms with Crippen molar-refractivity contribution < 1.29 is 31.6 Å². The van der Waals surface area contributed by atoms with Gasteiger partial charge in [-0.1, -0.05) is 18.2 Å². The van der Waals surface area contributed by atoms with E-state index in [-0.39, 0.29) is 23.8 Å². The third-order valence-electron chi connectivity index (χ3n) is 6.99. The highest BCUT2D eigenvalue weighted by Gasteiger charge is 2.31. The molecule has 0 radical (unpaired) electrons. The Morgan fingerprint density at radius 1 is 1.05 bits per heavy atom. The first kappa shape index (κ1) is 26.3. The Kier molecular flexibility index (Phi) is 6.80. The van der Waals surface area contributed by atoms with Gasteiger partial charge in [0.05, 0.1) is 24.0 Å². The Balaban J connectivity index is 1.33. The van der Waals surface area contributed by atoms with Gasteiger partial charge < -0.3 is 14.2 Å². The van der Waals surface area contributed by atoms with Gasteiger partial charge in [0.2, 0.25) is 5.91 Å². The quantitative estimate of drug-likeness (QED) is 0.280. The van der Waals surface area contributed by atoms with Crippen LogP contribution < -0.4 is 10.7 Å². The number of alkyl halides is 3. The molecule has 7 nitrogen and oxygen atoms in total. The van der Waals surface area contributed by atoms with Crippen molar-refractivity contribution in [2.45, 2.75) is 52.6 Å². The smallest absolute Gasteiger partial charge is 0.416 e. The summed E-state index contributed by atoms with van der Waals surface area (Å²) in [4.78, 5) is 25.6. The molecule has 2 amide bonds. The minimum absolute atomic E-state index is 0.00174. The molecule has 1 aliphatic rings. The van der Waals surface area contributed by atoms with Crippen molar-refractivity contribution in [2.75, 3.05) is 5.32 Å². The zero-order valence-electron chi connectivity index (χ0n) is 21.6. The van der Waals surface area contributed by atoms with Crippen LogP contribution in [0.25, 0.3) is 11.0 Å². The van der Waals surface area contributed by atoms with Crippen LogP contribution in [0.1, 0.15) is 62.5 Å². The highest BCUT2D eigenvalue weighted by molar-refractivity contribution is 6.09. The average Bonchev–Trinajstić information content (AvgIpc) is 3.46. The first-order valence-electron chi connectivity index (χ1n) is 12.5. The van der Waals surface area contributed by atoms with E-state index in [1.807, 2.05) is 26.0 Å². The van der Waals surface area contributed by atoms with E-state index >= 15 is 0 Å². The number of amides is 2. The van der Waals surface area contributed by atoms with Crippen molar-refractivity contribution >= 4 is 34.2 Å². The predicted molar refractivity (Wildman–Crippen MR) is 140 cm³/mol. The number of aryl methyl sites for hydroxylation is 3. The Labute approximate surface area is 222 Å². The van der Waals surface area contributed by atoms with Crippen LogP contribution in [0.3, 0.4) is 0 Å². The van der Waals surface area contributed by atoms with Gasteiger partial charge in [0.25, 0.3) is 5.91 Å². The molecule has 0 unspecified atom stereocenters. The van der Waals surface area contributed by atoms with Crippen LogP contribution >= 0.6 is 0 Å². The number of benzene rings is 2. The number of carbonyl (C=O) groups excluding carboxylic acids is 2. The molecule has 0 atom stereocenters. The second kappa shape index (κ2) is 10.1. The van der Waals surface area contributed by atoms with Crippen molar-refractivity contribution in [3.05, 3.63) is 87.6 Å². The van der Waals surface area contributed by atoms with E-state index < -0.39 is 17.6 Å². The summed E-state index contributed by atoms with van der Waals surface area (Å²) < 4.78 is 50.6. The number of anilines is 1. The molecule has 0 saturated heterocycles. The molecule has 2 N–H and O–H groups in total. The van der Waals surface area contributed by atoms with Gasteiger partial charge in [-0.3, -0.25) is 9.59 Å². The van der Waals surface area contributed by atoms with Crippen molar-refractivity contribution in [3.8, 4) is 0 Å². The SMILES string of the molecule is Cc1ccc2c(CC(=O)N/N=C3\CCCc4oc(C(=O)Nc5cccc(C(F)(F)F)c5)c(C)c43)coc2c1C. The lowest BCUT2D eigenvalue weighted by molar-refractivity contribution is -0.137. The molecule has 1 aliphatic carbocycles. The van der Waals surface area contributed by atoms with E-state index in [0.717, 1.165) is 39.8 Å². The van der Waals surface area contributed by atoms with E-state index in [1.54, 1.807) is 13.2 Å². The van der Waals surface area contributed by atoms with Crippen molar-refractivity contribution in [1.82, 2.24) is 5.43 Å². The lowest BCUT2D eigenvalue weighted by atomic mass is 9.93. The largest absolute Gasteiger partial charge is 0.464 e. The molecule has 2 heterocycles. The highest BCUT2D eigenvalue weighted by Crippen LogP contribution is 2.33. The number of hydrazone groups is 1. The van der Waals surface area contributed by atoms with Gasteiger partial charge in [-0.05, 0) is 62.9 Å². The monoisotopic (exact) mass is 537 g/mol. The minimum atomic E-state index is -4.53. The van der Waals surface area contributed by atoms with E-state index in [2.05, 4.69) is 15.8 Å². The van der Waals surface area contributed by atoms with Crippen LogP contribution in [-0.4, -0.2) is 17.5 Å². The van der Waals surface area contributed by atoms with Crippen LogP contribution in [0.4, 0.5) is 18.9 Å². The molecule has 39 heavy (non-hydrogen) atoms. The number of hydrogen-bond donors (Lipinski definition) is 2. The first-order chi connectivity index (χ1) is 18.5. The van der Waals surface area contributed by atoms with E-state index in [1.165, 1.54) is 12.1 Å². The molecule has 10 heteroatoms. The fraction of sp³-hybridized carbons (Fsp3) is 0.276. The maximum Gasteiger partial charge on any atom is 0.416 e. The van der Waals surface area contributed by atoms with Crippen molar-refractivity contribution in [2.24, 2.45) is 5.10 Å². The predicted octanol–water partition coefficient (Wildman–Crippen LogP) is 6.62. The number of carbonyl (C=O) groups is 2. The molecule has 2 aromatic heterocycles. The van der Waals surface area contributed by atoms with Crippen LogP contribution in [0.2, 0.25) is 0 Å². The summed E-state index contributed by atoms with van der Waals surface area (Å²) in [6.07, 6.45) is -1.03. The van der Waals surface area contributed by atoms with Gasteiger partial charge >= 0.3 is 6.18 Å². The number of halogens is 3. The van der Waals surface area contributed by atoms with E-state index in [0.29, 0.717) is 41.9 Å². The fourth-order valence-electron chi connectivity index (χ4n) is 4.83. The second-order valence-corrected chi connectivity index (χ2v) is 9.66.